The molecule has 2 aromatic heterocycles. The molecular formula is C20H13N5O4. The molecule has 142 valence electrons. The van der Waals surface area contributed by atoms with Crippen LogP contribution < -0.4 is 5.32 Å². The van der Waals surface area contributed by atoms with Gasteiger partial charge < -0.3 is 9.84 Å². The van der Waals surface area contributed by atoms with Crippen molar-refractivity contribution in [2.24, 2.45) is 0 Å². The van der Waals surface area contributed by atoms with Crippen LogP contribution in [0.5, 0.6) is 0 Å². The average molecular weight is 387 g/mol. The van der Waals surface area contributed by atoms with Gasteiger partial charge in [-0.05, 0) is 30.3 Å². The predicted molar refractivity (Wildman–Crippen MR) is 104 cm³/mol. The van der Waals surface area contributed by atoms with Crippen molar-refractivity contribution >= 4 is 17.3 Å². The number of carbonyl (C=O) groups excluding carboxylic acids is 1. The minimum atomic E-state index is -0.616. The first-order valence-corrected chi connectivity index (χ1v) is 8.53. The maximum absolute atomic E-state index is 12.7. The summed E-state index contributed by atoms with van der Waals surface area (Å²) in [5, 5.41) is 17.8. The summed E-state index contributed by atoms with van der Waals surface area (Å²) in [6.07, 6.45) is 1.62. The Bertz CT molecular complexity index is 1190. The Hall–Kier alpha value is -4.40. The minimum Gasteiger partial charge on any atom is -0.333 e. The molecule has 0 radical (unpaired) electrons. The van der Waals surface area contributed by atoms with Crippen LogP contribution in [0.1, 0.15) is 10.4 Å². The van der Waals surface area contributed by atoms with Crippen molar-refractivity contribution in [3.05, 3.63) is 88.6 Å². The van der Waals surface area contributed by atoms with Crippen LogP contribution in [0.2, 0.25) is 0 Å². The second-order valence-corrected chi connectivity index (χ2v) is 5.91. The number of benzene rings is 2. The van der Waals surface area contributed by atoms with Crippen molar-refractivity contribution < 1.29 is 14.2 Å². The van der Waals surface area contributed by atoms with E-state index >= 15 is 0 Å². The van der Waals surface area contributed by atoms with Gasteiger partial charge in [-0.3, -0.25) is 19.9 Å². The van der Waals surface area contributed by atoms with Gasteiger partial charge >= 0.3 is 0 Å². The van der Waals surface area contributed by atoms with Gasteiger partial charge in [0.05, 0.1) is 16.2 Å². The van der Waals surface area contributed by atoms with Gasteiger partial charge in [0.1, 0.15) is 11.3 Å². The number of nitro groups is 1. The molecule has 2 aromatic carbocycles. The molecule has 9 heteroatoms. The van der Waals surface area contributed by atoms with Crippen LogP contribution in [0.3, 0.4) is 0 Å². The largest absolute Gasteiger partial charge is 0.333 e. The Morgan fingerprint density at radius 1 is 1.00 bits per heavy atom. The normalized spacial score (nSPS) is 10.5. The fraction of sp³-hybridized carbons (Fsp3) is 0. The Balaban J connectivity index is 1.66. The Morgan fingerprint density at radius 3 is 2.55 bits per heavy atom. The lowest BCUT2D eigenvalue weighted by Crippen LogP contribution is -2.14. The maximum Gasteiger partial charge on any atom is 0.282 e. The lowest BCUT2D eigenvalue weighted by atomic mass is 10.1. The lowest BCUT2D eigenvalue weighted by molar-refractivity contribution is -0.385. The topological polar surface area (TPSA) is 124 Å². The number of pyridine rings is 1. The molecule has 1 N–H and O–H groups in total. The van der Waals surface area contributed by atoms with Gasteiger partial charge in [0.15, 0.2) is 0 Å². The second-order valence-electron chi connectivity index (χ2n) is 5.91. The first kappa shape index (κ1) is 18.0. The van der Waals surface area contributed by atoms with Crippen molar-refractivity contribution in [2.45, 2.75) is 0 Å². The van der Waals surface area contributed by atoms with Crippen molar-refractivity contribution in [2.75, 3.05) is 5.32 Å². The molecular weight excluding hydrogens is 374 g/mol. The molecule has 9 nitrogen and oxygen atoms in total. The molecule has 0 unspecified atom stereocenters. The third-order valence-corrected chi connectivity index (χ3v) is 4.07. The Morgan fingerprint density at radius 2 is 1.76 bits per heavy atom. The lowest BCUT2D eigenvalue weighted by Gasteiger charge is -2.08. The maximum atomic E-state index is 12.7. The number of hydrogen-bond donors (Lipinski definition) is 1. The van der Waals surface area contributed by atoms with E-state index in [-0.39, 0.29) is 17.1 Å². The number of anilines is 1. The molecule has 0 saturated carbocycles. The van der Waals surface area contributed by atoms with Gasteiger partial charge in [-0.1, -0.05) is 35.5 Å². The monoisotopic (exact) mass is 387 g/mol. The molecule has 0 aliphatic rings. The summed E-state index contributed by atoms with van der Waals surface area (Å²) in [7, 11) is 0. The summed E-state index contributed by atoms with van der Waals surface area (Å²) < 4.78 is 5.33. The van der Waals surface area contributed by atoms with E-state index in [4.69, 9.17) is 4.52 Å². The van der Waals surface area contributed by atoms with E-state index in [1.54, 1.807) is 54.7 Å². The molecule has 29 heavy (non-hydrogen) atoms. The highest BCUT2D eigenvalue weighted by molar-refractivity contribution is 6.08. The van der Waals surface area contributed by atoms with Crippen molar-refractivity contribution in [1.29, 1.82) is 0 Å². The molecule has 0 saturated heterocycles. The number of hydrogen-bond acceptors (Lipinski definition) is 7. The molecule has 1 amide bonds. The molecule has 2 heterocycles. The number of nitro benzene ring substituents is 1. The zero-order valence-corrected chi connectivity index (χ0v) is 14.9. The molecule has 0 spiro atoms. The van der Waals surface area contributed by atoms with Crippen LogP contribution in [0.4, 0.5) is 11.4 Å². The summed E-state index contributed by atoms with van der Waals surface area (Å²) in [6, 6.07) is 17.9. The van der Waals surface area contributed by atoms with Crippen LogP contribution in [-0.4, -0.2) is 26.0 Å². The standard InChI is InChI=1S/C20H13N5O4/c26-19(14-8-2-4-11-17(14)25(27)28)22-15-9-3-1-7-13(15)20-23-18(24-29-20)16-10-5-6-12-21-16/h1-12H,(H,22,26). The number of carbonyl (C=O) groups is 1. The number of rotatable bonds is 5. The van der Waals surface area contributed by atoms with Gasteiger partial charge in [-0.25, -0.2) is 0 Å². The van der Waals surface area contributed by atoms with E-state index in [9.17, 15) is 14.9 Å². The van der Waals surface area contributed by atoms with E-state index in [1.807, 2.05) is 0 Å². The third kappa shape index (κ3) is 3.69. The quantitative estimate of drug-likeness (QED) is 0.406. The van der Waals surface area contributed by atoms with Gasteiger partial charge in [0.2, 0.25) is 5.82 Å². The minimum absolute atomic E-state index is 0.0491. The van der Waals surface area contributed by atoms with Crippen molar-refractivity contribution in [3.63, 3.8) is 0 Å². The molecule has 0 fully saturated rings. The van der Waals surface area contributed by atoms with Crippen LogP contribution in [0, 0.1) is 10.1 Å². The molecule has 4 aromatic rings. The highest BCUT2D eigenvalue weighted by Crippen LogP contribution is 2.29. The first-order valence-electron chi connectivity index (χ1n) is 8.53. The number of nitrogens with one attached hydrogen (secondary N) is 1. The van der Waals surface area contributed by atoms with E-state index in [0.717, 1.165) is 0 Å². The summed E-state index contributed by atoms with van der Waals surface area (Å²) in [5.41, 5.74) is 1.08. The highest BCUT2D eigenvalue weighted by Gasteiger charge is 2.21. The predicted octanol–water partition coefficient (Wildman–Crippen LogP) is 3.96. The van der Waals surface area contributed by atoms with E-state index < -0.39 is 10.8 Å². The second kappa shape index (κ2) is 7.69. The van der Waals surface area contributed by atoms with Crippen LogP contribution in [0.15, 0.2) is 77.4 Å². The molecule has 0 atom stereocenters. The van der Waals surface area contributed by atoms with Gasteiger partial charge in [0, 0.05) is 12.3 Å². The Kier molecular flexibility index (Phi) is 4.77. The summed E-state index contributed by atoms with van der Waals surface area (Å²) in [4.78, 5) is 31.8. The summed E-state index contributed by atoms with van der Waals surface area (Å²) >= 11 is 0. The smallest absolute Gasteiger partial charge is 0.282 e. The summed E-state index contributed by atoms with van der Waals surface area (Å²) in [6.45, 7) is 0. The van der Waals surface area contributed by atoms with E-state index in [0.29, 0.717) is 22.8 Å². The zero-order valence-electron chi connectivity index (χ0n) is 14.9. The average Bonchev–Trinajstić information content (AvgIpc) is 3.25. The van der Waals surface area contributed by atoms with Crippen LogP contribution >= 0.6 is 0 Å². The zero-order chi connectivity index (χ0) is 20.2. The fourth-order valence-corrected chi connectivity index (χ4v) is 2.73. The van der Waals surface area contributed by atoms with Crippen LogP contribution in [0.25, 0.3) is 23.0 Å². The molecule has 0 aliphatic carbocycles. The third-order valence-electron chi connectivity index (χ3n) is 4.07. The van der Waals surface area contributed by atoms with E-state index in [1.165, 1.54) is 18.2 Å². The number of amides is 1. The number of para-hydroxylation sites is 2. The van der Waals surface area contributed by atoms with Gasteiger partial charge in [-0.2, -0.15) is 4.98 Å². The molecule has 0 bridgehead atoms. The van der Waals surface area contributed by atoms with Gasteiger partial charge in [0.25, 0.3) is 17.5 Å². The number of nitrogens with zero attached hydrogens (tertiary/aromatic N) is 4. The fourth-order valence-electron chi connectivity index (χ4n) is 2.73. The number of aromatic nitrogens is 3. The van der Waals surface area contributed by atoms with Crippen molar-refractivity contribution in [3.8, 4) is 23.0 Å². The van der Waals surface area contributed by atoms with Crippen molar-refractivity contribution in [1.82, 2.24) is 15.1 Å². The van der Waals surface area contributed by atoms with E-state index in [2.05, 4.69) is 20.4 Å². The summed E-state index contributed by atoms with van der Waals surface area (Å²) in [5.74, 6) is -0.126. The Labute approximate surface area is 164 Å². The first-order chi connectivity index (χ1) is 14.1. The molecule has 4 rings (SSSR count). The molecule has 0 aliphatic heterocycles. The highest BCUT2D eigenvalue weighted by atomic mass is 16.6. The SMILES string of the molecule is O=C(Nc1ccccc1-c1nc(-c2ccccn2)no1)c1ccccc1[N+](=O)[O-]. The van der Waals surface area contributed by atoms with Crippen LogP contribution in [-0.2, 0) is 0 Å². The van der Waals surface area contributed by atoms with Gasteiger partial charge in [-0.15, -0.1) is 0 Å².